The quantitative estimate of drug-likeness (QED) is 0.375. The maximum atomic E-state index is 5.17. The predicted molar refractivity (Wildman–Crippen MR) is 103 cm³/mol. The SMILES string of the molecule is COc1ccc(CSSSCc2ccc3scnc3c2)cc1. The Morgan fingerprint density at radius 1 is 1.00 bits per heavy atom. The molecule has 22 heavy (non-hydrogen) atoms. The van der Waals surface area contributed by atoms with Gasteiger partial charge in [-0.15, -0.1) is 11.3 Å². The Hall–Kier alpha value is -0.820. The first-order chi connectivity index (χ1) is 10.8. The molecular weight excluding hydrogens is 350 g/mol. The van der Waals surface area contributed by atoms with E-state index in [4.69, 9.17) is 4.74 Å². The van der Waals surface area contributed by atoms with Crippen molar-refractivity contribution < 1.29 is 4.74 Å². The topological polar surface area (TPSA) is 22.1 Å². The third-order valence-electron chi connectivity index (χ3n) is 3.10. The summed E-state index contributed by atoms with van der Waals surface area (Å²) in [5.41, 5.74) is 5.67. The molecule has 0 radical (unpaired) electrons. The van der Waals surface area contributed by atoms with Gasteiger partial charge in [0.2, 0.25) is 0 Å². The van der Waals surface area contributed by atoms with Crippen molar-refractivity contribution in [3.05, 3.63) is 59.1 Å². The molecule has 0 fully saturated rings. The van der Waals surface area contributed by atoms with E-state index < -0.39 is 0 Å². The molecule has 3 aromatic rings. The van der Waals surface area contributed by atoms with Gasteiger partial charge in [-0.3, -0.25) is 0 Å². The number of thiazole rings is 1. The Bertz CT molecular complexity index is 726. The fourth-order valence-corrected chi connectivity index (χ4v) is 6.19. The van der Waals surface area contributed by atoms with Gasteiger partial charge in [0.25, 0.3) is 0 Å². The minimum Gasteiger partial charge on any atom is -0.497 e. The number of aromatic nitrogens is 1. The van der Waals surface area contributed by atoms with Gasteiger partial charge in [0.05, 0.1) is 22.8 Å². The zero-order valence-corrected chi connectivity index (χ0v) is 15.3. The van der Waals surface area contributed by atoms with Crippen LogP contribution in [0, 0.1) is 0 Å². The molecule has 0 unspecified atom stereocenters. The highest BCUT2D eigenvalue weighted by molar-refractivity contribution is 9.09. The number of benzene rings is 2. The number of ether oxygens (including phenoxy) is 1. The summed E-state index contributed by atoms with van der Waals surface area (Å²) >= 11 is 1.69. The van der Waals surface area contributed by atoms with Crippen molar-refractivity contribution in [3.8, 4) is 5.75 Å². The summed E-state index contributed by atoms with van der Waals surface area (Å²) in [7, 11) is 7.28. The van der Waals surface area contributed by atoms with Crippen LogP contribution in [0.1, 0.15) is 11.1 Å². The average molecular weight is 366 g/mol. The Morgan fingerprint density at radius 2 is 1.73 bits per heavy atom. The summed E-state index contributed by atoms with van der Waals surface area (Å²) < 4.78 is 6.42. The van der Waals surface area contributed by atoms with Crippen LogP contribution in [0.25, 0.3) is 10.2 Å². The van der Waals surface area contributed by atoms with Gasteiger partial charge in [0.1, 0.15) is 5.75 Å². The van der Waals surface area contributed by atoms with Gasteiger partial charge in [0.15, 0.2) is 0 Å². The second kappa shape index (κ2) is 8.15. The summed E-state index contributed by atoms with van der Waals surface area (Å²) in [6.07, 6.45) is 0. The van der Waals surface area contributed by atoms with Gasteiger partial charge < -0.3 is 4.74 Å². The molecule has 0 amide bonds. The third kappa shape index (κ3) is 4.35. The molecule has 0 aliphatic heterocycles. The molecule has 0 saturated heterocycles. The number of nitrogens with zero attached hydrogens (tertiary/aromatic N) is 1. The fraction of sp³-hybridized carbons (Fsp3) is 0.188. The van der Waals surface area contributed by atoms with Gasteiger partial charge >= 0.3 is 0 Å². The van der Waals surface area contributed by atoms with E-state index in [1.807, 2.05) is 49.1 Å². The summed E-state index contributed by atoms with van der Waals surface area (Å²) in [5, 5.41) is 0. The van der Waals surface area contributed by atoms with Crippen LogP contribution in [0.15, 0.2) is 48.0 Å². The molecule has 2 nitrogen and oxygen atoms in total. The Labute approximate surface area is 145 Å². The van der Waals surface area contributed by atoms with Gasteiger partial charge in [-0.05, 0) is 45.2 Å². The first-order valence-electron chi connectivity index (χ1n) is 6.71. The Balaban J connectivity index is 1.41. The Morgan fingerprint density at radius 3 is 2.50 bits per heavy atom. The standard InChI is InChI=1S/C16H15NOS4/c1-18-14-5-2-12(3-6-14)9-20-22-21-10-13-4-7-16-15(8-13)17-11-19-16/h2-8,11H,9-10H2,1H3. The highest BCUT2D eigenvalue weighted by Crippen LogP contribution is 2.39. The number of fused-ring (bicyclic) bond motifs is 1. The van der Waals surface area contributed by atoms with Crippen molar-refractivity contribution in [1.82, 2.24) is 4.98 Å². The molecule has 0 aliphatic carbocycles. The number of hydrogen-bond acceptors (Lipinski definition) is 6. The minimum absolute atomic E-state index is 0.910. The zero-order valence-electron chi connectivity index (χ0n) is 12.0. The molecule has 1 heterocycles. The van der Waals surface area contributed by atoms with Crippen molar-refractivity contribution in [3.63, 3.8) is 0 Å². The lowest BCUT2D eigenvalue weighted by molar-refractivity contribution is 0.414. The first-order valence-corrected chi connectivity index (χ1v) is 11.4. The summed E-state index contributed by atoms with van der Waals surface area (Å²) in [4.78, 5) is 4.36. The van der Waals surface area contributed by atoms with Gasteiger partial charge in [-0.2, -0.15) is 0 Å². The summed E-state index contributed by atoms with van der Waals surface area (Å²) in [6.45, 7) is 0. The largest absolute Gasteiger partial charge is 0.497 e. The Kier molecular flexibility index (Phi) is 5.95. The molecule has 2 aromatic carbocycles. The van der Waals surface area contributed by atoms with Crippen molar-refractivity contribution in [1.29, 1.82) is 0 Å². The van der Waals surface area contributed by atoms with E-state index in [0.717, 1.165) is 22.8 Å². The maximum Gasteiger partial charge on any atom is 0.118 e. The lowest BCUT2D eigenvalue weighted by atomic mass is 10.2. The van der Waals surface area contributed by atoms with E-state index in [1.54, 1.807) is 18.4 Å². The number of rotatable bonds is 7. The van der Waals surface area contributed by atoms with E-state index >= 15 is 0 Å². The van der Waals surface area contributed by atoms with Crippen LogP contribution in [0.4, 0.5) is 0 Å². The maximum absolute atomic E-state index is 5.17. The lowest BCUT2D eigenvalue weighted by Crippen LogP contribution is -1.83. The van der Waals surface area contributed by atoms with Crippen molar-refractivity contribution in [2.75, 3.05) is 7.11 Å². The summed E-state index contributed by atoms with van der Waals surface area (Å²) in [5.74, 6) is 2.92. The van der Waals surface area contributed by atoms with Crippen molar-refractivity contribution in [2.45, 2.75) is 11.5 Å². The highest BCUT2D eigenvalue weighted by atomic mass is 33.5. The van der Waals surface area contributed by atoms with E-state index in [-0.39, 0.29) is 0 Å². The zero-order chi connectivity index (χ0) is 15.2. The highest BCUT2D eigenvalue weighted by Gasteiger charge is 2.01. The van der Waals surface area contributed by atoms with Crippen LogP contribution in [0.3, 0.4) is 0 Å². The smallest absolute Gasteiger partial charge is 0.118 e. The first kappa shape index (κ1) is 16.1. The van der Waals surface area contributed by atoms with Crippen LogP contribution >= 0.6 is 42.8 Å². The van der Waals surface area contributed by atoms with E-state index in [9.17, 15) is 0 Å². The van der Waals surface area contributed by atoms with Gasteiger partial charge in [0, 0.05) is 11.5 Å². The van der Waals surface area contributed by atoms with E-state index in [2.05, 4.69) is 35.3 Å². The average Bonchev–Trinajstić information content (AvgIpc) is 3.03. The third-order valence-corrected chi connectivity index (χ3v) is 8.02. The predicted octanol–water partition coefficient (Wildman–Crippen LogP) is 6.03. The monoisotopic (exact) mass is 365 g/mol. The molecule has 3 rings (SSSR count). The molecule has 0 atom stereocenters. The van der Waals surface area contributed by atoms with Crippen LogP contribution in [0.2, 0.25) is 0 Å². The second-order valence-electron chi connectivity index (χ2n) is 4.59. The lowest BCUT2D eigenvalue weighted by Gasteiger charge is -2.03. The molecule has 0 N–H and O–H groups in total. The normalized spacial score (nSPS) is 11.0. The molecule has 6 heteroatoms. The molecule has 114 valence electrons. The molecule has 0 aliphatic rings. The van der Waals surface area contributed by atoms with E-state index in [0.29, 0.717) is 0 Å². The number of methoxy groups -OCH3 is 1. The molecular formula is C16H15NOS4. The molecule has 0 spiro atoms. The van der Waals surface area contributed by atoms with Crippen LogP contribution in [-0.4, -0.2) is 12.1 Å². The van der Waals surface area contributed by atoms with Crippen LogP contribution < -0.4 is 4.74 Å². The van der Waals surface area contributed by atoms with Gasteiger partial charge in [-0.1, -0.05) is 39.8 Å². The van der Waals surface area contributed by atoms with Crippen molar-refractivity contribution in [2.24, 2.45) is 0 Å². The summed E-state index contributed by atoms with van der Waals surface area (Å²) in [6, 6.07) is 14.8. The van der Waals surface area contributed by atoms with Crippen molar-refractivity contribution >= 4 is 53.0 Å². The molecule has 0 saturated carbocycles. The number of hydrogen-bond donors (Lipinski definition) is 0. The second-order valence-corrected chi connectivity index (χ2v) is 9.71. The van der Waals surface area contributed by atoms with E-state index in [1.165, 1.54) is 15.8 Å². The van der Waals surface area contributed by atoms with Crippen LogP contribution in [-0.2, 0) is 11.5 Å². The molecule has 0 bridgehead atoms. The molecule has 1 aromatic heterocycles. The van der Waals surface area contributed by atoms with Gasteiger partial charge in [-0.25, -0.2) is 4.98 Å². The fourth-order valence-electron chi connectivity index (χ4n) is 1.93. The minimum atomic E-state index is 0.910. The van der Waals surface area contributed by atoms with Crippen LogP contribution in [0.5, 0.6) is 5.75 Å².